The third kappa shape index (κ3) is 3.99. The number of hydrogen-bond donors (Lipinski definition) is 0. The number of carbonyl (C=O) groups is 1. The summed E-state index contributed by atoms with van der Waals surface area (Å²) in [4.78, 5) is 19.6. The van der Waals surface area contributed by atoms with Crippen LogP contribution in [0.2, 0.25) is 0 Å². The lowest BCUT2D eigenvalue weighted by Gasteiger charge is -2.20. The fourth-order valence-corrected chi connectivity index (χ4v) is 5.92. The van der Waals surface area contributed by atoms with Crippen LogP contribution in [0.25, 0.3) is 21.2 Å². The van der Waals surface area contributed by atoms with E-state index in [-0.39, 0.29) is 12.0 Å². The summed E-state index contributed by atoms with van der Waals surface area (Å²) in [6, 6.07) is 12.6. The van der Waals surface area contributed by atoms with Gasteiger partial charge in [0, 0.05) is 34.2 Å². The van der Waals surface area contributed by atoms with Gasteiger partial charge in [0.1, 0.15) is 17.6 Å². The van der Waals surface area contributed by atoms with Crippen LogP contribution in [0.1, 0.15) is 21.7 Å². The first kappa shape index (κ1) is 20.7. The summed E-state index contributed by atoms with van der Waals surface area (Å²) in [5.74, 6) is 1.43. The molecule has 2 aliphatic rings. The average Bonchev–Trinajstić information content (AvgIpc) is 3.59. The summed E-state index contributed by atoms with van der Waals surface area (Å²) in [6.07, 6.45) is 2.49. The third-order valence-corrected chi connectivity index (χ3v) is 7.73. The van der Waals surface area contributed by atoms with Crippen molar-refractivity contribution in [2.24, 2.45) is 0 Å². The summed E-state index contributed by atoms with van der Waals surface area (Å²) in [6.45, 7) is 2.67. The van der Waals surface area contributed by atoms with E-state index in [1.807, 2.05) is 4.90 Å². The van der Waals surface area contributed by atoms with Gasteiger partial charge in [0.2, 0.25) is 0 Å². The molecule has 1 fully saturated rings. The highest BCUT2D eigenvalue weighted by molar-refractivity contribution is 7.17. The number of nitrogens with zero attached hydrogens (tertiary/aromatic N) is 2. The molecule has 33 heavy (non-hydrogen) atoms. The molecule has 8 heteroatoms. The molecule has 2 aromatic heterocycles. The number of ether oxygens (including phenoxy) is 3. The topological polar surface area (TPSA) is 60.9 Å². The number of carbonyl (C=O) groups excluding carboxylic acids is 1. The minimum absolute atomic E-state index is 0.00495. The molecule has 0 spiro atoms. The van der Waals surface area contributed by atoms with Gasteiger partial charge in [0.15, 0.2) is 11.5 Å². The van der Waals surface area contributed by atoms with Crippen molar-refractivity contribution in [3.8, 4) is 22.6 Å². The summed E-state index contributed by atoms with van der Waals surface area (Å²) in [5, 5.41) is 3.40. The van der Waals surface area contributed by atoms with Crippen molar-refractivity contribution in [1.29, 1.82) is 0 Å². The summed E-state index contributed by atoms with van der Waals surface area (Å²) in [7, 11) is 0. The van der Waals surface area contributed by atoms with Crippen LogP contribution in [0, 0.1) is 0 Å². The number of amides is 1. The van der Waals surface area contributed by atoms with Crippen LogP contribution in [0.15, 0.2) is 53.5 Å². The van der Waals surface area contributed by atoms with Crippen LogP contribution in [-0.2, 0) is 11.3 Å². The second-order valence-electron chi connectivity index (χ2n) is 8.15. The monoisotopic (exact) mass is 478 g/mol. The van der Waals surface area contributed by atoms with Crippen molar-refractivity contribution in [1.82, 2.24) is 9.88 Å². The van der Waals surface area contributed by atoms with Crippen LogP contribution in [-0.4, -0.2) is 48.3 Å². The Labute approximate surface area is 199 Å². The Balaban J connectivity index is 1.43. The first-order valence-electron chi connectivity index (χ1n) is 10.9. The van der Waals surface area contributed by atoms with Crippen LogP contribution < -0.4 is 9.47 Å². The molecule has 0 bridgehead atoms. The second-order valence-corrected chi connectivity index (χ2v) is 9.95. The Bertz CT molecular complexity index is 1300. The minimum atomic E-state index is -0.0213. The van der Waals surface area contributed by atoms with Crippen LogP contribution >= 0.6 is 22.7 Å². The number of benzene rings is 2. The number of hydrogen-bond acceptors (Lipinski definition) is 7. The van der Waals surface area contributed by atoms with Crippen molar-refractivity contribution in [2.75, 3.05) is 26.4 Å². The Morgan fingerprint density at radius 3 is 2.97 bits per heavy atom. The van der Waals surface area contributed by atoms with Gasteiger partial charge in [-0.05, 0) is 29.1 Å². The molecule has 6 nitrogen and oxygen atoms in total. The van der Waals surface area contributed by atoms with Gasteiger partial charge in [-0.3, -0.25) is 9.78 Å². The van der Waals surface area contributed by atoms with Crippen molar-refractivity contribution < 1.29 is 19.0 Å². The lowest BCUT2D eigenvalue weighted by molar-refractivity contribution is 0.0737. The van der Waals surface area contributed by atoms with Gasteiger partial charge < -0.3 is 19.1 Å². The van der Waals surface area contributed by atoms with E-state index in [1.165, 1.54) is 21.4 Å². The van der Waals surface area contributed by atoms with Crippen LogP contribution in [0.4, 0.5) is 0 Å². The largest absolute Gasteiger partial charge is 0.487 e. The Hall–Kier alpha value is -2.94. The molecule has 1 saturated heterocycles. The summed E-state index contributed by atoms with van der Waals surface area (Å²) >= 11 is 3.09. The van der Waals surface area contributed by atoms with E-state index in [0.717, 1.165) is 34.6 Å². The highest BCUT2D eigenvalue weighted by Gasteiger charge is 2.27. The molecule has 4 aromatic rings. The molecule has 0 radical (unpaired) electrons. The number of thiophene rings is 1. The summed E-state index contributed by atoms with van der Waals surface area (Å²) in [5.41, 5.74) is 4.86. The first-order chi connectivity index (χ1) is 16.3. The van der Waals surface area contributed by atoms with Gasteiger partial charge in [0.05, 0.1) is 31.5 Å². The standard InChI is InChI=1S/C25H22N2O4S2/c28-25(23-11-26-15-33-23)27-6-8-30-24-17(12-27)9-16(10-21(24)31-18-5-7-29-13-18)20-14-32-22-4-2-1-3-19(20)22/h1-4,9-11,14-15,18H,5-8,12-13H2. The van der Waals surface area contributed by atoms with E-state index in [1.54, 1.807) is 23.0 Å². The van der Waals surface area contributed by atoms with Crippen LogP contribution in [0.5, 0.6) is 11.5 Å². The van der Waals surface area contributed by atoms with Gasteiger partial charge >= 0.3 is 0 Å². The molecule has 6 rings (SSSR count). The van der Waals surface area contributed by atoms with Crippen molar-refractivity contribution in [3.63, 3.8) is 0 Å². The number of aromatic nitrogens is 1. The zero-order valence-electron chi connectivity index (χ0n) is 17.9. The number of rotatable bonds is 4. The Kier molecular flexibility index (Phi) is 5.49. The Morgan fingerprint density at radius 1 is 1.18 bits per heavy atom. The highest BCUT2D eigenvalue weighted by atomic mass is 32.1. The average molecular weight is 479 g/mol. The molecule has 1 amide bonds. The smallest absolute Gasteiger partial charge is 0.265 e. The number of fused-ring (bicyclic) bond motifs is 2. The van der Waals surface area contributed by atoms with Gasteiger partial charge in [-0.25, -0.2) is 0 Å². The van der Waals surface area contributed by atoms with Crippen molar-refractivity contribution >= 4 is 38.7 Å². The van der Waals surface area contributed by atoms with E-state index in [4.69, 9.17) is 14.2 Å². The molecule has 0 N–H and O–H groups in total. The van der Waals surface area contributed by atoms with Crippen LogP contribution in [0.3, 0.4) is 0 Å². The molecule has 1 unspecified atom stereocenters. The van der Waals surface area contributed by atoms with Crippen molar-refractivity contribution in [3.05, 3.63) is 63.9 Å². The Morgan fingerprint density at radius 2 is 2.12 bits per heavy atom. The lowest BCUT2D eigenvalue weighted by atomic mass is 10.0. The molecule has 0 aliphatic carbocycles. The maximum Gasteiger partial charge on any atom is 0.265 e. The van der Waals surface area contributed by atoms with E-state index < -0.39 is 0 Å². The van der Waals surface area contributed by atoms with E-state index in [2.05, 4.69) is 46.8 Å². The van der Waals surface area contributed by atoms with Gasteiger partial charge in [0.25, 0.3) is 5.91 Å². The predicted molar refractivity (Wildman–Crippen MR) is 129 cm³/mol. The first-order valence-corrected chi connectivity index (χ1v) is 12.7. The molecule has 2 aromatic carbocycles. The number of thiazole rings is 1. The molecule has 168 valence electrons. The molecular weight excluding hydrogens is 456 g/mol. The normalized spacial score (nSPS) is 18.1. The molecule has 1 atom stereocenters. The second kappa shape index (κ2) is 8.78. The zero-order chi connectivity index (χ0) is 22.2. The fraction of sp³-hybridized carbons (Fsp3) is 0.280. The maximum atomic E-state index is 13.1. The lowest BCUT2D eigenvalue weighted by Crippen LogP contribution is -2.31. The van der Waals surface area contributed by atoms with Gasteiger partial charge in [-0.1, -0.05) is 18.2 Å². The van der Waals surface area contributed by atoms with Gasteiger partial charge in [-0.2, -0.15) is 0 Å². The fourth-order valence-electron chi connectivity index (χ4n) is 4.36. The van der Waals surface area contributed by atoms with E-state index in [0.29, 0.717) is 37.8 Å². The zero-order valence-corrected chi connectivity index (χ0v) is 19.5. The van der Waals surface area contributed by atoms with E-state index >= 15 is 0 Å². The van der Waals surface area contributed by atoms with Gasteiger partial charge in [-0.15, -0.1) is 22.7 Å². The quantitative estimate of drug-likeness (QED) is 0.402. The molecule has 4 heterocycles. The minimum Gasteiger partial charge on any atom is -0.487 e. The highest BCUT2D eigenvalue weighted by Crippen LogP contribution is 2.42. The predicted octanol–water partition coefficient (Wildman–Crippen LogP) is 5.23. The third-order valence-electron chi connectivity index (χ3n) is 6.00. The van der Waals surface area contributed by atoms with E-state index in [9.17, 15) is 4.79 Å². The molecular formula is C25H22N2O4S2. The SMILES string of the molecule is O=C(c1cncs1)N1CCOc2c(cc(-c3csc4ccccc34)cc2OC2CCOC2)C1. The van der Waals surface area contributed by atoms with Crippen molar-refractivity contribution in [2.45, 2.75) is 19.1 Å². The molecule has 2 aliphatic heterocycles. The summed E-state index contributed by atoms with van der Waals surface area (Å²) < 4.78 is 19.3. The molecule has 0 saturated carbocycles. The maximum absolute atomic E-state index is 13.1.